The summed E-state index contributed by atoms with van der Waals surface area (Å²) >= 11 is 0. The number of nitrogens with one attached hydrogen (secondary N) is 3. The molecular weight excluding hydrogens is 440 g/mol. The first-order valence-electron chi connectivity index (χ1n) is 12.6. The van der Waals surface area contributed by atoms with Crippen LogP contribution in [0.25, 0.3) is 0 Å². The summed E-state index contributed by atoms with van der Waals surface area (Å²) in [6.07, 6.45) is 4.24. The van der Waals surface area contributed by atoms with Crippen LogP contribution in [0.5, 0.6) is 0 Å². The SMILES string of the molecule is CNC(C)C(=O)NC(C(=O)N1Cc2ccccc2C1C(=O)Nc1cccc2c1CCCC2)C(C)C. The maximum Gasteiger partial charge on any atom is 0.251 e. The van der Waals surface area contributed by atoms with Gasteiger partial charge in [-0.05, 0) is 73.9 Å². The molecule has 2 aromatic carbocycles. The first-order valence-corrected chi connectivity index (χ1v) is 12.6. The van der Waals surface area contributed by atoms with Crippen molar-refractivity contribution in [3.8, 4) is 0 Å². The number of likely N-dealkylation sites (N-methyl/N-ethyl adjacent to an activating group) is 1. The van der Waals surface area contributed by atoms with Crippen LogP contribution in [0, 0.1) is 5.92 Å². The van der Waals surface area contributed by atoms with Crippen LogP contribution >= 0.6 is 0 Å². The van der Waals surface area contributed by atoms with E-state index in [0.717, 1.165) is 42.5 Å². The lowest BCUT2D eigenvalue weighted by atomic mass is 9.90. The van der Waals surface area contributed by atoms with Crippen molar-refractivity contribution in [2.24, 2.45) is 5.92 Å². The first kappa shape index (κ1) is 24.9. The average Bonchev–Trinajstić information content (AvgIpc) is 3.26. The van der Waals surface area contributed by atoms with Crippen molar-refractivity contribution in [3.63, 3.8) is 0 Å². The molecular formula is C28H36N4O3. The molecule has 0 bridgehead atoms. The minimum absolute atomic E-state index is 0.135. The van der Waals surface area contributed by atoms with Gasteiger partial charge in [0.25, 0.3) is 5.91 Å². The second kappa shape index (κ2) is 10.6. The van der Waals surface area contributed by atoms with Gasteiger partial charge in [0.05, 0.1) is 6.04 Å². The number of carbonyl (C=O) groups excluding carboxylic acids is 3. The van der Waals surface area contributed by atoms with Gasteiger partial charge in [0.15, 0.2) is 0 Å². The van der Waals surface area contributed by atoms with Gasteiger partial charge in [0.1, 0.15) is 12.1 Å². The summed E-state index contributed by atoms with van der Waals surface area (Å²) in [7, 11) is 1.70. The number of benzene rings is 2. The van der Waals surface area contributed by atoms with Crippen LogP contribution in [-0.4, -0.2) is 41.8 Å². The Balaban J connectivity index is 1.63. The fraction of sp³-hybridized carbons (Fsp3) is 0.464. The van der Waals surface area contributed by atoms with Crippen molar-refractivity contribution in [3.05, 3.63) is 64.7 Å². The Kier molecular flexibility index (Phi) is 7.55. The predicted molar refractivity (Wildman–Crippen MR) is 137 cm³/mol. The Bertz CT molecular complexity index is 1110. The highest BCUT2D eigenvalue weighted by Crippen LogP contribution is 2.36. The zero-order valence-corrected chi connectivity index (χ0v) is 21.1. The third-order valence-corrected chi connectivity index (χ3v) is 7.24. The number of aryl methyl sites for hydroxylation is 1. The van der Waals surface area contributed by atoms with Crippen LogP contribution in [0.1, 0.15) is 61.9 Å². The highest BCUT2D eigenvalue weighted by Gasteiger charge is 2.42. The van der Waals surface area contributed by atoms with Gasteiger partial charge >= 0.3 is 0 Å². The number of anilines is 1. The van der Waals surface area contributed by atoms with E-state index in [1.165, 1.54) is 11.1 Å². The number of rotatable bonds is 7. The highest BCUT2D eigenvalue weighted by molar-refractivity contribution is 6.00. The van der Waals surface area contributed by atoms with Crippen molar-refractivity contribution in [2.45, 2.75) is 71.1 Å². The lowest BCUT2D eigenvalue weighted by Crippen LogP contribution is -2.55. The fourth-order valence-electron chi connectivity index (χ4n) is 5.08. The number of hydrogen-bond acceptors (Lipinski definition) is 4. The number of fused-ring (bicyclic) bond motifs is 2. The number of carbonyl (C=O) groups is 3. The molecule has 3 unspecified atom stereocenters. The topological polar surface area (TPSA) is 90.5 Å². The van der Waals surface area contributed by atoms with Gasteiger partial charge in [-0.15, -0.1) is 0 Å². The van der Waals surface area contributed by atoms with Crippen LogP contribution in [-0.2, 0) is 33.8 Å². The third-order valence-electron chi connectivity index (χ3n) is 7.24. The second-order valence-corrected chi connectivity index (χ2v) is 9.95. The van der Waals surface area contributed by atoms with Crippen molar-refractivity contribution in [1.82, 2.24) is 15.5 Å². The van der Waals surface area contributed by atoms with E-state index in [-0.39, 0.29) is 23.6 Å². The Labute approximate surface area is 207 Å². The molecule has 7 nitrogen and oxygen atoms in total. The third kappa shape index (κ3) is 5.10. The summed E-state index contributed by atoms with van der Waals surface area (Å²) < 4.78 is 0. The molecule has 2 aliphatic rings. The zero-order valence-electron chi connectivity index (χ0n) is 21.1. The van der Waals surface area contributed by atoms with E-state index in [4.69, 9.17) is 0 Å². The van der Waals surface area contributed by atoms with Crippen molar-refractivity contribution < 1.29 is 14.4 Å². The van der Waals surface area contributed by atoms with Crippen LogP contribution in [0.2, 0.25) is 0 Å². The maximum absolute atomic E-state index is 13.8. The Morgan fingerprint density at radius 3 is 2.40 bits per heavy atom. The van der Waals surface area contributed by atoms with E-state index in [9.17, 15) is 14.4 Å². The summed E-state index contributed by atoms with van der Waals surface area (Å²) in [6.45, 7) is 5.89. The molecule has 3 atom stereocenters. The minimum Gasteiger partial charge on any atom is -0.343 e. The first-order chi connectivity index (χ1) is 16.8. The maximum atomic E-state index is 13.8. The lowest BCUT2D eigenvalue weighted by Gasteiger charge is -2.31. The molecule has 1 heterocycles. The van der Waals surface area contributed by atoms with Crippen LogP contribution < -0.4 is 16.0 Å². The Morgan fingerprint density at radius 1 is 0.943 bits per heavy atom. The van der Waals surface area contributed by atoms with Gasteiger partial charge in [-0.3, -0.25) is 14.4 Å². The summed E-state index contributed by atoms with van der Waals surface area (Å²) in [6, 6.07) is 11.9. The van der Waals surface area contributed by atoms with Gasteiger partial charge in [0.2, 0.25) is 11.8 Å². The lowest BCUT2D eigenvalue weighted by molar-refractivity contribution is -0.143. The van der Waals surface area contributed by atoms with E-state index >= 15 is 0 Å². The Hall–Kier alpha value is -3.19. The standard InChI is InChI=1S/C28H36N4O3/c1-17(2)24(31-26(33)18(3)29-4)28(35)32-16-20-11-6-8-14-22(20)25(32)27(34)30-23-15-9-12-19-10-5-7-13-21(19)23/h6,8-9,11-12,14-15,17-18,24-25,29H,5,7,10,13,16H2,1-4H3,(H,30,34)(H,31,33). The molecule has 2 aromatic rings. The molecule has 1 aliphatic heterocycles. The van der Waals surface area contributed by atoms with Crippen LogP contribution in [0.15, 0.2) is 42.5 Å². The smallest absolute Gasteiger partial charge is 0.251 e. The van der Waals surface area contributed by atoms with E-state index in [2.05, 4.69) is 22.0 Å². The molecule has 0 aromatic heterocycles. The highest BCUT2D eigenvalue weighted by atomic mass is 16.2. The van der Waals surface area contributed by atoms with Crippen LogP contribution in [0.3, 0.4) is 0 Å². The average molecular weight is 477 g/mol. The van der Waals surface area contributed by atoms with Crippen LogP contribution in [0.4, 0.5) is 5.69 Å². The van der Waals surface area contributed by atoms with E-state index in [1.54, 1.807) is 18.9 Å². The molecule has 35 heavy (non-hydrogen) atoms. The van der Waals surface area contributed by atoms with Crippen molar-refractivity contribution in [1.29, 1.82) is 0 Å². The molecule has 0 spiro atoms. The number of hydrogen-bond donors (Lipinski definition) is 3. The van der Waals surface area contributed by atoms with Gasteiger partial charge in [0, 0.05) is 12.2 Å². The van der Waals surface area contributed by atoms with E-state index < -0.39 is 18.1 Å². The monoisotopic (exact) mass is 476 g/mol. The predicted octanol–water partition coefficient (Wildman–Crippen LogP) is 3.34. The fourth-order valence-corrected chi connectivity index (χ4v) is 5.08. The summed E-state index contributed by atoms with van der Waals surface area (Å²) in [5.41, 5.74) is 5.11. The quantitative estimate of drug-likeness (QED) is 0.572. The summed E-state index contributed by atoms with van der Waals surface area (Å²) in [5, 5.41) is 8.95. The second-order valence-electron chi connectivity index (χ2n) is 9.95. The zero-order chi connectivity index (χ0) is 25.1. The largest absolute Gasteiger partial charge is 0.343 e. The molecule has 0 radical (unpaired) electrons. The summed E-state index contributed by atoms with van der Waals surface area (Å²) in [5.74, 6) is -0.847. The van der Waals surface area contributed by atoms with E-state index in [0.29, 0.717) is 6.54 Å². The van der Waals surface area contributed by atoms with Gasteiger partial charge in [-0.1, -0.05) is 50.2 Å². The minimum atomic E-state index is -0.752. The molecule has 3 amide bonds. The molecule has 0 fully saturated rings. The van der Waals surface area contributed by atoms with Gasteiger partial charge in [-0.2, -0.15) is 0 Å². The molecule has 7 heteroatoms. The molecule has 1 aliphatic carbocycles. The molecule has 0 saturated carbocycles. The van der Waals surface area contributed by atoms with Gasteiger partial charge < -0.3 is 20.9 Å². The van der Waals surface area contributed by atoms with Crippen molar-refractivity contribution in [2.75, 3.05) is 12.4 Å². The number of amides is 3. The van der Waals surface area contributed by atoms with Crippen molar-refractivity contribution >= 4 is 23.4 Å². The molecule has 3 N–H and O–H groups in total. The normalized spacial score (nSPS) is 18.4. The molecule has 4 rings (SSSR count). The molecule has 186 valence electrons. The van der Waals surface area contributed by atoms with Gasteiger partial charge in [-0.25, -0.2) is 0 Å². The molecule has 0 saturated heterocycles. The summed E-state index contributed by atoms with van der Waals surface area (Å²) in [4.78, 5) is 41.8. The number of nitrogens with zero attached hydrogens (tertiary/aromatic N) is 1. The van der Waals surface area contributed by atoms with E-state index in [1.807, 2.05) is 50.2 Å². The Morgan fingerprint density at radius 2 is 1.66 bits per heavy atom.